The number of carbonyl (C=O) groups excluding carboxylic acids is 2. The number of nitrogens with one attached hydrogen (secondary N) is 1. The summed E-state index contributed by atoms with van der Waals surface area (Å²) in [5.74, 6) is -0.935. The van der Waals surface area contributed by atoms with Gasteiger partial charge < -0.3 is 19.5 Å². The third kappa shape index (κ3) is 4.69. The molecule has 0 aliphatic heterocycles. The molecule has 0 aromatic heterocycles. The normalized spacial score (nSPS) is 10.1. The molecule has 2 rings (SSSR count). The second-order valence-electron chi connectivity index (χ2n) is 5.15. The van der Waals surface area contributed by atoms with Crippen LogP contribution in [0.1, 0.15) is 15.9 Å². The Kier molecular flexibility index (Phi) is 5.94. The Morgan fingerprint density at radius 3 is 2.56 bits per heavy atom. The highest BCUT2D eigenvalue weighted by molar-refractivity contribution is 5.94. The largest absolute Gasteiger partial charge is 0.497 e. The molecule has 0 atom stereocenters. The van der Waals surface area contributed by atoms with Crippen molar-refractivity contribution < 1.29 is 28.2 Å². The number of carbonyl (C=O) groups is 2. The Morgan fingerprint density at radius 2 is 1.88 bits per heavy atom. The van der Waals surface area contributed by atoms with Crippen LogP contribution in [-0.4, -0.2) is 32.7 Å². The first kappa shape index (κ1) is 18.3. The standard InChI is InChI=1S/C18H18FNO5/c1-11-4-5-12(19)8-15(11)20-17(21)10-25-16-9-13(23-2)6-7-14(16)18(22)24-3/h4-9H,10H2,1-3H3,(H,20,21). The molecule has 0 aliphatic carbocycles. The summed E-state index contributed by atoms with van der Waals surface area (Å²) in [6, 6.07) is 8.62. The maximum atomic E-state index is 13.3. The van der Waals surface area contributed by atoms with Gasteiger partial charge in [0.2, 0.25) is 0 Å². The third-order valence-corrected chi connectivity index (χ3v) is 3.43. The van der Waals surface area contributed by atoms with Crippen molar-refractivity contribution in [2.24, 2.45) is 0 Å². The van der Waals surface area contributed by atoms with Crippen LogP contribution in [0, 0.1) is 12.7 Å². The molecule has 0 radical (unpaired) electrons. The minimum atomic E-state index is -0.598. The molecular formula is C18H18FNO5. The van der Waals surface area contributed by atoms with Crippen molar-refractivity contribution in [1.82, 2.24) is 0 Å². The van der Waals surface area contributed by atoms with E-state index in [4.69, 9.17) is 9.47 Å². The first-order valence-corrected chi connectivity index (χ1v) is 7.39. The van der Waals surface area contributed by atoms with Crippen LogP contribution in [0.5, 0.6) is 11.5 Å². The van der Waals surface area contributed by atoms with Crippen molar-refractivity contribution in [3.8, 4) is 11.5 Å². The van der Waals surface area contributed by atoms with E-state index in [1.54, 1.807) is 19.1 Å². The molecule has 0 saturated carbocycles. The van der Waals surface area contributed by atoms with E-state index in [0.29, 0.717) is 17.0 Å². The molecule has 0 unspecified atom stereocenters. The number of anilines is 1. The van der Waals surface area contributed by atoms with Crippen LogP contribution in [0.25, 0.3) is 0 Å². The average Bonchev–Trinajstić information content (AvgIpc) is 2.62. The van der Waals surface area contributed by atoms with Crippen molar-refractivity contribution in [1.29, 1.82) is 0 Å². The van der Waals surface area contributed by atoms with Gasteiger partial charge in [0.15, 0.2) is 6.61 Å². The van der Waals surface area contributed by atoms with Gasteiger partial charge in [-0.25, -0.2) is 9.18 Å². The summed E-state index contributed by atoms with van der Waals surface area (Å²) in [4.78, 5) is 23.8. The van der Waals surface area contributed by atoms with Crippen molar-refractivity contribution in [3.63, 3.8) is 0 Å². The van der Waals surface area contributed by atoms with Crippen LogP contribution in [-0.2, 0) is 9.53 Å². The predicted octanol–water partition coefficient (Wildman–Crippen LogP) is 2.95. The van der Waals surface area contributed by atoms with Crippen LogP contribution in [0.4, 0.5) is 10.1 Å². The Labute approximate surface area is 144 Å². The lowest BCUT2D eigenvalue weighted by molar-refractivity contribution is -0.118. The highest BCUT2D eigenvalue weighted by Gasteiger charge is 2.16. The summed E-state index contributed by atoms with van der Waals surface area (Å²) in [6.45, 7) is 1.38. The highest BCUT2D eigenvalue weighted by Crippen LogP contribution is 2.25. The molecule has 1 amide bonds. The van der Waals surface area contributed by atoms with Crippen molar-refractivity contribution in [2.45, 2.75) is 6.92 Å². The van der Waals surface area contributed by atoms with Crippen LogP contribution in [0.2, 0.25) is 0 Å². The highest BCUT2D eigenvalue weighted by atomic mass is 19.1. The zero-order valence-corrected chi connectivity index (χ0v) is 14.1. The molecule has 0 saturated heterocycles. The summed E-state index contributed by atoms with van der Waals surface area (Å²) >= 11 is 0. The molecule has 132 valence electrons. The number of rotatable bonds is 6. The summed E-state index contributed by atoms with van der Waals surface area (Å²) in [5.41, 5.74) is 1.23. The van der Waals surface area contributed by atoms with Crippen LogP contribution in [0.3, 0.4) is 0 Å². The Hall–Kier alpha value is -3.09. The fourth-order valence-electron chi connectivity index (χ4n) is 2.09. The molecule has 2 aromatic rings. The average molecular weight is 347 g/mol. The number of esters is 1. The lowest BCUT2D eigenvalue weighted by Gasteiger charge is -2.13. The summed E-state index contributed by atoms with van der Waals surface area (Å²) in [6.07, 6.45) is 0. The topological polar surface area (TPSA) is 73.9 Å². The number of ether oxygens (including phenoxy) is 3. The summed E-state index contributed by atoms with van der Waals surface area (Å²) in [7, 11) is 2.71. The lowest BCUT2D eigenvalue weighted by atomic mass is 10.2. The molecule has 0 bridgehead atoms. The quantitative estimate of drug-likeness (QED) is 0.813. The lowest BCUT2D eigenvalue weighted by Crippen LogP contribution is -2.21. The molecule has 6 nitrogen and oxygen atoms in total. The number of benzene rings is 2. The molecule has 0 fully saturated rings. The molecule has 0 spiro atoms. The van der Waals surface area contributed by atoms with Gasteiger partial charge >= 0.3 is 5.97 Å². The van der Waals surface area contributed by atoms with Gasteiger partial charge in [-0.2, -0.15) is 0 Å². The van der Waals surface area contributed by atoms with Crippen LogP contribution >= 0.6 is 0 Å². The smallest absolute Gasteiger partial charge is 0.341 e. The molecule has 2 aromatic carbocycles. The van der Waals surface area contributed by atoms with E-state index >= 15 is 0 Å². The number of hydrogen-bond donors (Lipinski definition) is 1. The number of hydrogen-bond acceptors (Lipinski definition) is 5. The minimum absolute atomic E-state index is 0.150. The van der Waals surface area contributed by atoms with E-state index < -0.39 is 17.7 Å². The van der Waals surface area contributed by atoms with E-state index in [1.165, 1.54) is 38.5 Å². The predicted molar refractivity (Wildman–Crippen MR) is 89.6 cm³/mol. The maximum absolute atomic E-state index is 13.3. The van der Waals surface area contributed by atoms with E-state index in [2.05, 4.69) is 10.1 Å². The number of aryl methyl sites for hydroxylation is 1. The number of methoxy groups -OCH3 is 2. The Morgan fingerprint density at radius 1 is 1.12 bits per heavy atom. The number of amides is 1. The second kappa shape index (κ2) is 8.14. The summed E-state index contributed by atoms with van der Waals surface area (Å²) in [5, 5.41) is 2.56. The molecule has 0 aliphatic rings. The van der Waals surface area contributed by atoms with Gasteiger partial charge in [-0.05, 0) is 36.8 Å². The molecule has 7 heteroatoms. The van der Waals surface area contributed by atoms with Gasteiger partial charge in [0.05, 0.1) is 14.2 Å². The Balaban J connectivity index is 2.10. The molecular weight excluding hydrogens is 329 g/mol. The Bertz CT molecular complexity index is 791. The van der Waals surface area contributed by atoms with Gasteiger partial charge in [0.25, 0.3) is 5.91 Å². The van der Waals surface area contributed by atoms with E-state index in [0.717, 1.165) is 0 Å². The van der Waals surface area contributed by atoms with Crippen LogP contribution in [0.15, 0.2) is 36.4 Å². The number of halogens is 1. The van der Waals surface area contributed by atoms with Gasteiger partial charge in [-0.3, -0.25) is 4.79 Å². The zero-order valence-electron chi connectivity index (χ0n) is 14.1. The van der Waals surface area contributed by atoms with E-state index in [1.807, 2.05) is 0 Å². The fourth-order valence-corrected chi connectivity index (χ4v) is 2.09. The third-order valence-electron chi connectivity index (χ3n) is 3.43. The maximum Gasteiger partial charge on any atom is 0.341 e. The van der Waals surface area contributed by atoms with Gasteiger partial charge in [-0.15, -0.1) is 0 Å². The van der Waals surface area contributed by atoms with Crippen molar-refractivity contribution >= 4 is 17.6 Å². The SMILES string of the molecule is COC(=O)c1ccc(OC)cc1OCC(=O)Nc1cc(F)ccc1C. The molecule has 1 N–H and O–H groups in total. The van der Waals surface area contributed by atoms with Gasteiger partial charge in [-0.1, -0.05) is 6.07 Å². The van der Waals surface area contributed by atoms with Gasteiger partial charge in [0.1, 0.15) is 22.9 Å². The first-order chi connectivity index (χ1) is 11.9. The van der Waals surface area contributed by atoms with Gasteiger partial charge in [0, 0.05) is 11.8 Å². The van der Waals surface area contributed by atoms with E-state index in [-0.39, 0.29) is 17.9 Å². The fraction of sp³-hybridized carbons (Fsp3) is 0.222. The van der Waals surface area contributed by atoms with Crippen molar-refractivity contribution in [2.75, 3.05) is 26.1 Å². The molecule has 25 heavy (non-hydrogen) atoms. The minimum Gasteiger partial charge on any atom is -0.497 e. The summed E-state index contributed by atoms with van der Waals surface area (Å²) < 4.78 is 28.4. The molecule has 0 heterocycles. The monoisotopic (exact) mass is 347 g/mol. The first-order valence-electron chi connectivity index (χ1n) is 7.39. The van der Waals surface area contributed by atoms with E-state index in [9.17, 15) is 14.0 Å². The second-order valence-corrected chi connectivity index (χ2v) is 5.15. The van der Waals surface area contributed by atoms with Crippen molar-refractivity contribution in [3.05, 3.63) is 53.3 Å². The van der Waals surface area contributed by atoms with Crippen LogP contribution < -0.4 is 14.8 Å². The zero-order chi connectivity index (χ0) is 18.4.